The standard InChI is InChI=1S/C15H25N3O4S2/c1-4-5-10-23(19,20)18-9-8-13-6-7-14(11-15(13)18)17-24(21,22)16-12(2)3/h6-7,11-12,16-17H,4-5,8-10H2,1-3H3. The first-order valence-corrected chi connectivity index (χ1v) is 11.2. The Morgan fingerprint density at radius 3 is 2.54 bits per heavy atom. The van der Waals surface area contributed by atoms with Gasteiger partial charge in [0.25, 0.3) is 10.2 Å². The fourth-order valence-corrected chi connectivity index (χ4v) is 5.46. The van der Waals surface area contributed by atoms with Gasteiger partial charge in [-0.3, -0.25) is 9.03 Å². The molecule has 0 spiro atoms. The zero-order chi connectivity index (χ0) is 18.0. The van der Waals surface area contributed by atoms with Crippen LogP contribution in [0.1, 0.15) is 39.2 Å². The van der Waals surface area contributed by atoms with E-state index in [-0.39, 0.29) is 11.8 Å². The van der Waals surface area contributed by atoms with E-state index < -0.39 is 20.2 Å². The van der Waals surface area contributed by atoms with Gasteiger partial charge < -0.3 is 0 Å². The van der Waals surface area contributed by atoms with Gasteiger partial charge >= 0.3 is 0 Å². The highest BCUT2D eigenvalue weighted by Crippen LogP contribution is 2.33. The number of fused-ring (bicyclic) bond motifs is 1. The Labute approximate surface area is 144 Å². The first-order valence-electron chi connectivity index (χ1n) is 8.08. The van der Waals surface area contributed by atoms with Crippen molar-refractivity contribution < 1.29 is 16.8 Å². The number of nitrogens with one attached hydrogen (secondary N) is 2. The zero-order valence-electron chi connectivity index (χ0n) is 14.2. The van der Waals surface area contributed by atoms with Crippen molar-refractivity contribution in [3.8, 4) is 0 Å². The van der Waals surface area contributed by atoms with Crippen molar-refractivity contribution in [2.45, 2.75) is 46.1 Å². The van der Waals surface area contributed by atoms with Crippen molar-refractivity contribution in [3.05, 3.63) is 23.8 Å². The lowest BCUT2D eigenvalue weighted by atomic mass is 10.1. The molecule has 1 aromatic carbocycles. The van der Waals surface area contributed by atoms with E-state index in [1.54, 1.807) is 32.0 Å². The molecule has 1 aliphatic heterocycles. The van der Waals surface area contributed by atoms with Crippen molar-refractivity contribution in [1.82, 2.24) is 4.72 Å². The molecule has 0 saturated heterocycles. The molecule has 136 valence electrons. The Morgan fingerprint density at radius 2 is 1.92 bits per heavy atom. The van der Waals surface area contributed by atoms with Crippen LogP contribution in [0.5, 0.6) is 0 Å². The third-order valence-corrected chi connectivity index (χ3v) is 6.81. The summed E-state index contributed by atoms with van der Waals surface area (Å²) in [4.78, 5) is 0. The zero-order valence-corrected chi connectivity index (χ0v) is 15.9. The van der Waals surface area contributed by atoms with Gasteiger partial charge in [-0.15, -0.1) is 0 Å². The van der Waals surface area contributed by atoms with Crippen molar-refractivity contribution in [2.24, 2.45) is 0 Å². The molecular formula is C15H25N3O4S2. The highest BCUT2D eigenvalue weighted by Gasteiger charge is 2.29. The minimum Gasteiger partial charge on any atom is -0.271 e. The molecule has 2 N–H and O–H groups in total. The lowest BCUT2D eigenvalue weighted by Gasteiger charge is -2.20. The second-order valence-electron chi connectivity index (χ2n) is 6.21. The molecule has 7 nitrogen and oxygen atoms in total. The molecule has 0 saturated carbocycles. The Balaban J connectivity index is 2.26. The third-order valence-electron chi connectivity index (χ3n) is 3.67. The molecule has 0 amide bonds. The van der Waals surface area contributed by atoms with E-state index in [1.165, 1.54) is 4.31 Å². The Bertz CT molecular complexity index is 789. The van der Waals surface area contributed by atoms with Gasteiger partial charge in [0.05, 0.1) is 17.1 Å². The quantitative estimate of drug-likeness (QED) is 0.725. The molecule has 24 heavy (non-hydrogen) atoms. The maximum atomic E-state index is 12.5. The number of benzene rings is 1. The summed E-state index contributed by atoms with van der Waals surface area (Å²) in [5.41, 5.74) is 1.82. The number of hydrogen-bond acceptors (Lipinski definition) is 4. The van der Waals surface area contributed by atoms with Crippen LogP contribution in [0.2, 0.25) is 0 Å². The average Bonchev–Trinajstić information content (AvgIpc) is 2.87. The van der Waals surface area contributed by atoms with E-state index in [0.717, 1.165) is 12.0 Å². The first kappa shape index (κ1) is 19.0. The molecule has 9 heteroatoms. The average molecular weight is 376 g/mol. The van der Waals surface area contributed by atoms with Gasteiger partial charge in [0.2, 0.25) is 10.0 Å². The molecule has 1 aliphatic rings. The molecule has 0 atom stereocenters. The molecule has 1 aromatic rings. The van der Waals surface area contributed by atoms with Gasteiger partial charge in [0.15, 0.2) is 0 Å². The molecule has 0 bridgehead atoms. The summed E-state index contributed by atoms with van der Waals surface area (Å²) < 4.78 is 55.2. The van der Waals surface area contributed by atoms with Crippen LogP contribution < -0.4 is 13.7 Å². The molecule has 0 aromatic heterocycles. The van der Waals surface area contributed by atoms with E-state index in [2.05, 4.69) is 9.44 Å². The molecule has 1 heterocycles. The SMILES string of the molecule is CCCCS(=O)(=O)N1CCc2ccc(NS(=O)(=O)NC(C)C)cc21. The predicted molar refractivity (Wildman–Crippen MR) is 97.0 cm³/mol. The highest BCUT2D eigenvalue weighted by atomic mass is 32.2. The van der Waals surface area contributed by atoms with E-state index in [1.807, 2.05) is 6.92 Å². The molecule has 0 radical (unpaired) electrons. The van der Waals surface area contributed by atoms with E-state index in [4.69, 9.17) is 0 Å². The van der Waals surface area contributed by atoms with Crippen LogP contribution >= 0.6 is 0 Å². The summed E-state index contributed by atoms with van der Waals surface area (Å²) in [5.74, 6) is 0.105. The van der Waals surface area contributed by atoms with Crippen molar-refractivity contribution >= 4 is 31.6 Å². The van der Waals surface area contributed by atoms with Crippen LogP contribution in [0.15, 0.2) is 18.2 Å². The Kier molecular flexibility index (Phi) is 5.77. The van der Waals surface area contributed by atoms with Gasteiger partial charge in [-0.2, -0.15) is 13.1 Å². The van der Waals surface area contributed by atoms with Gasteiger partial charge in [0, 0.05) is 12.6 Å². The molecular weight excluding hydrogens is 350 g/mol. The normalized spacial score (nSPS) is 14.9. The highest BCUT2D eigenvalue weighted by molar-refractivity contribution is 7.92. The third kappa shape index (κ3) is 4.61. The topological polar surface area (TPSA) is 95.6 Å². The fraction of sp³-hybridized carbons (Fsp3) is 0.600. The number of sulfonamides is 1. The Morgan fingerprint density at radius 1 is 1.21 bits per heavy atom. The van der Waals surface area contributed by atoms with Crippen molar-refractivity contribution in [1.29, 1.82) is 0 Å². The fourth-order valence-electron chi connectivity index (χ4n) is 2.63. The molecule has 0 aliphatic carbocycles. The number of rotatable bonds is 8. The summed E-state index contributed by atoms with van der Waals surface area (Å²) in [7, 11) is -7.06. The molecule has 0 fully saturated rings. The monoisotopic (exact) mass is 375 g/mol. The first-order chi connectivity index (χ1) is 11.1. The van der Waals surface area contributed by atoms with Gasteiger partial charge in [0.1, 0.15) is 0 Å². The van der Waals surface area contributed by atoms with Crippen LogP contribution in [-0.2, 0) is 26.7 Å². The maximum Gasteiger partial charge on any atom is 0.299 e. The predicted octanol–water partition coefficient (Wildman–Crippen LogP) is 1.83. The van der Waals surface area contributed by atoms with Crippen LogP contribution in [0.3, 0.4) is 0 Å². The Hall–Kier alpha value is -1.32. The van der Waals surface area contributed by atoms with Gasteiger partial charge in [-0.1, -0.05) is 19.4 Å². The van der Waals surface area contributed by atoms with Crippen molar-refractivity contribution in [2.75, 3.05) is 21.3 Å². The summed E-state index contributed by atoms with van der Waals surface area (Å²) in [6, 6.07) is 4.78. The van der Waals surface area contributed by atoms with Gasteiger partial charge in [-0.25, -0.2) is 8.42 Å². The number of nitrogens with zero attached hydrogens (tertiary/aromatic N) is 1. The largest absolute Gasteiger partial charge is 0.299 e. The van der Waals surface area contributed by atoms with Gasteiger partial charge in [-0.05, 0) is 44.4 Å². The van der Waals surface area contributed by atoms with Crippen molar-refractivity contribution in [3.63, 3.8) is 0 Å². The van der Waals surface area contributed by atoms with Crippen LogP contribution in [0.25, 0.3) is 0 Å². The smallest absolute Gasteiger partial charge is 0.271 e. The number of hydrogen-bond donors (Lipinski definition) is 2. The second kappa shape index (κ2) is 7.28. The summed E-state index contributed by atoms with van der Waals surface area (Å²) in [6.45, 7) is 5.80. The van der Waals surface area contributed by atoms with E-state index in [0.29, 0.717) is 30.8 Å². The lowest BCUT2D eigenvalue weighted by Crippen LogP contribution is -2.35. The minimum atomic E-state index is -3.69. The molecule has 0 unspecified atom stereocenters. The van der Waals surface area contributed by atoms with E-state index in [9.17, 15) is 16.8 Å². The summed E-state index contributed by atoms with van der Waals surface area (Å²) >= 11 is 0. The number of unbranched alkanes of at least 4 members (excludes halogenated alkanes) is 1. The molecule has 2 rings (SSSR count). The minimum absolute atomic E-state index is 0.105. The second-order valence-corrected chi connectivity index (χ2v) is 9.67. The number of anilines is 2. The van der Waals surface area contributed by atoms with E-state index >= 15 is 0 Å². The van der Waals surface area contributed by atoms with Crippen LogP contribution in [-0.4, -0.2) is 35.2 Å². The van der Waals surface area contributed by atoms with Crippen LogP contribution in [0.4, 0.5) is 11.4 Å². The maximum absolute atomic E-state index is 12.5. The van der Waals surface area contributed by atoms with Crippen LogP contribution in [0, 0.1) is 0 Å². The summed E-state index contributed by atoms with van der Waals surface area (Å²) in [5, 5.41) is 0. The lowest BCUT2D eigenvalue weighted by molar-refractivity contribution is 0.575. The summed E-state index contributed by atoms with van der Waals surface area (Å²) in [6.07, 6.45) is 2.05.